The van der Waals surface area contributed by atoms with Gasteiger partial charge in [-0.1, -0.05) is 6.08 Å². The summed E-state index contributed by atoms with van der Waals surface area (Å²) in [4.78, 5) is 12.3. The lowest BCUT2D eigenvalue weighted by Gasteiger charge is -2.28. The molecule has 0 aliphatic carbocycles. The second kappa shape index (κ2) is 4.08. The average molecular weight is 237 g/mol. The van der Waals surface area contributed by atoms with Crippen molar-refractivity contribution in [3.05, 3.63) is 12.7 Å². The molecule has 3 nitrogen and oxygen atoms in total. The van der Waals surface area contributed by atoms with Crippen LogP contribution in [0, 0.1) is 5.41 Å². The van der Waals surface area contributed by atoms with E-state index in [0.717, 1.165) is 0 Å². The van der Waals surface area contributed by atoms with Crippen LogP contribution in [0.2, 0.25) is 0 Å². The minimum absolute atomic E-state index is 0.124. The number of aliphatic carboxylic acids is 1. The van der Waals surface area contributed by atoms with E-state index in [1.807, 2.05) is 0 Å². The molecule has 0 aromatic heterocycles. The Labute approximate surface area is 91.5 Å². The molecule has 1 rings (SSSR count). The van der Waals surface area contributed by atoms with Gasteiger partial charge in [0, 0.05) is 19.1 Å². The maximum absolute atomic E-state index is 12.8. The number of hydrogen-bond donors (Lipinski definition) is 1. The first-order valence-corrected chi connectivity index (χ1v) is 4.91. The predicted octanol–water partition coefficient (Wildman–Crippen LogP) is 1.90. The molecule has 0 amide bonds. The fourth-order valence-corrected chi connectivity index (χ4v) is 1.86. The summed E-state index contributed by atoms with van der Waals surface area (Å²) < 4.78 is 38.3. The molecule has 0 spiro atoms. The number of alkyl halides is 3. The molecule has 92 valence electrons. The van der Waals surface area contributed by atoms with E-state index in [1.165, 1.54) is 11.0 Å². The Morgan fingerprint density at radius 3 is 2.50 bits per heavy atom. The van der Waals surface area contributed by atoms with Crippen LogP contribution in [0.5, 0.6) is 0 Å². The first-order chi connectivity index (χ1) is 7.24. The standard InChI is InChI=1S/C10H14F3NO2/c1-3-7(2)14-5-4-9(6-14,8(15)16)10(11,12)13/h3,7H,1,4-6H2,2H3,(H,15,16). The molecule has 1 heterocycles. The molecule has 1 fully saturated rings. The van der Waals surface area contributed by atoms with Gasteiger partial charge in [0.05, 0.1) is 0 Å². The van der Waals surface area contributed by atoms with Crippen LogP contribution in [0.1, 0.15) is 13.3 Å². The van der Waals surface area contributed by atoms with E-state index in [9.17, 15) is 18.0 Å². The number of halogens is 3. The van der Waals surface area contributed by atoms with Crippen LogP contribution in [0.25, 0.3) is 0 Å². The number of carbonyl (C=O) groups is 1. The van der Waals surface area contributed by atoms with Crippen LogP contribution >= 0.6 is 0 Å². The molecule has 1 aliphatic heterocycles. The third-order valence-electron chi connectivity index (χ3n) is 3.17. The van der Waals surface area contributed by atoms with Crippen molar-refractivity contribution in [3.8, 4) is 0 Å². The van der Waals surface area contributed by atoms with Crippen LogP contribution in [0.15, 0.2) is 12.7 Å². The maximum atomic E-state index is 12.8. The Morgan fingerprint density at radius 1 is 1.62 bits per heavy atom. The first-order valence-electron chi connectivity index (χ1n) is 4.91. The van der Waals surface area contributed by atoms with E-state index in [-0.39, 0.29) is 12.6 Å². The van der Waals surface area contributed by atoms with Gasteiger partial charge in [-0.25, -0.2) is 0 Å². The summed E-state index contributed by atoms with van der Waals surface area (Å²) in [5.41, 5.74) is -2.62. The highest BCUT2D eigenvalue weighted by Gasteiger charge is 2.63. The normalized spacial score (nSPS) is 29.0. The van der Waals surface area contributed by atoms with Gasteiger partial charge in [-0.15, -0.1) is 6.58 Å². The molecule has 1 aliphatic rings. The second-order valence-corrected chi connectivity index (χ2v) is 4.08. The summed E-state index contributed by atoms with van der Waals surface area (Å²) in [5.74, 6) is -1.79. The van der Waals surface area contributed by atoms with Gasteiger partial charge in [-0.3, -0.25) is 9.69 Å². The molecular formula is C10H14F3NO2. The third-order valence-corrected chi connectivity index (χ3v) is 3.17. The zero-order chi connectivity index (χ0) is 12.6. The van der Waals surface area contributed by atoms with Crippen molar-refractivity contribution in [1.82, 2.24) is 4.90 Å². The number of rotatable bonds is 3. The molecule has 2 unspecified atom stereocenters. The fraction of sp³-hybridized carbons (Fsp3) is 0.700. The van der Waals surface area contributed by atoms with E-state index in [2.05, 4.69) is 6.58 Å². The minimum atomic E-state index is -4.71. The van der Waals surface area contributed by atoms with Crippen molar-refractivity contribution < 1.29 is 23.1 Å². The van der Waals surface area contributed by atoms with E-state index in [1.54, 1.807) is 6.92 Å². The first kappa shape index (κ1) is 13.0. The molecule has 6 heteroatoms. The third kappa shape index (κ3) is 1.93. The minimum Gasteiger partial charge on any atom is -0.481 e. The summed E-state index contributed by atoms with van der Waals surface area (Å²) in [5, 5.41) is 8.80. The van der Waals surface area contributed by atoms with Gasteiger partial charge in [-0.05, 0) is 13.3 Å². The van der Waals surface area contributed by atoms with Gasteiger partial charge in [0.25, 0.3) is 0 Å². The van der Waals surface area contributed by atoms with E-state index in [0.29, 0.717) is 0 Å². The Morgan fingerprint density at radius 2 is 2.19 bits per heavy atom. The zero-order valence-electron chi connectivity index (χ0n) is 8.92. The molecule has 0 saturated carbocycles. The van der Waals surface area contributed by atoms with Gasteiger partial charge >= 0.3 is 12.1 Å². The summed E-state index contributed by atoms with van der Waals surface area (Å²) >= 11 is 0. The van der Waals surface area contributed by atoms with Crippen molar-refractivity contribution in [3.63, 3.8) is 0 Å². The summed E-state index contributed by atoms with van der Waals surface area (Å²) in [6.07, 6.45) is -3.60. The second-order valence-electron chi connectivity index (χ2n) is 4.08. The van der Waals surface area contributed by atoms with Crippen LogP contribution in [0.4, 0.5) is 13.2 Å². The quantitative estimate of drug-likeness (QED) is 0.762. The van der Waals surface area contributed by atoms with Gasteiger partial charge < -0.3 is 5.11 Å². The van der Waals surface area contributed by atoms with Crippen LogP contribution in [0.3, 0.4) is 0 Å². The molecule has 0 aromatic carbocycles. The van der Waals surface area contributed by atoms with E-state index < -0.39 is 30.5 Å². The Kier molecular flexibility index (Phi) is 3.33. The van der Waals surface area contributed by atoms with Gasteiger partial charge in [0.2, 0.25) is 0 Å². The van der Waals surface area contributed by atoms with E-state index in [4.69, 9.17) is 5.11 Å². The van der Waals surface area contributed by atoms with Crippen LogP contribution < -0.4 is 0 Å². The van der Waals surface area contributed by atoms with Crippen molar-refractivity contribution in [2.24, 2.45) is 5.41 Å². The Balaban J connectivity index is 2.94. The van der Waals surface area contributed by atoms with Crippen molar-refractivity contribution in [2.45, 2.75) is 25.6 Å². The molecule has 0 bridgehead atoms. The number of nitrogens with zero attached hydrogens (tertiary/aromatic N) is 1. The monoisotopic (exact) mass is 237 g/mol. The zero-order valence-corrected chi connectivity index (χ0v) is 8.92. The Hall–Kier alpha value is -1.04. The molecule has 1 saturated heterocycles. The molecule has 16 heavy (non-hydrogen) atoms. The SMILES string of the molecule is C=CC(C)N1CCC(C(=O)O)(C(F)(F)F)C1. The number of carboxylic acid groups (broad SMARTS) is 1. The highest BCUT2D eigenvalue weighted by molar-refractivity contribution is 5.76. The van der Waals surface area contributed by atoms with Crippen molar-refractivity contribution in [1.29, 1.82) is 0 Å². The molecule has 1 N–H and O–H groups in total. The average Bonchev–Trinajstić information content (AvgIpc) is 2.61. The lowest BCUT2D eigenvalue weighted by Crippen LogP contribution is -2.47. The molecule has 2 atom stereocenters. The van der Waals surface area contributed by atoms with Crippen molar-refractivity contribution >= 4 is 5.97 Å². The smallest absolute Gasteiger partial charge is 0.406 e. The van der Waals surface area contributed by atoms with Gasteiger partial charge in [-0.2, -0.15) is 13.2 Å². The van der Waals surface area contributed by atoms with Crippen LogP contribution in [-0.4, -0.2) is 41.3 Å². The highest BCUT2D eigenvalue weighted by Crippen LogP contribution is 2.46. The van der Waals surface area contributed by atoms with Gasteiger partial charge in [0.15, 0.2) is 5.41 Å². The summed E-state index contributed by atoms with van der Waals surface area (Å²) in [6.45, 7) is 4.81. The van der Waals surface area contributed by atoms with Crippen molar-refractivity contribution in [2.75, 3.05) is 13.1 Å². The fourth-order valence-electron chi connectivity index (χ4n) is 1.86. The van der Waals surface area contributed by atoms with Gasteiger partial charge in [0.1, 0.15) is 0 Å². The lowest BCUT2D eigenvalue weighted by atomic mass is 9.86. The highest BCUT2D eigenvalue weighted by atomic mass is 19.4. The Bertz CT molecular complexity index is 303. The largest absolute Gasteiger partial charge is 0.481 e. The van der Waals surface area contributed by atoms with Crippen LogP contribution in [-0.2, 0) is 4.79 Å². The number of likely N-dealkylation sites (tertiary alicyclic amines) is 1. The molecule has 0 aromatic rings. The molecule has 0 radical (unpaired) electrons. The molecular weight excluding hydrogens is 223 g/mol. The topological polar surface area (TPSA) is 40.5 Å². The summed E-state index contributed by atoms with van der Waals surface area (Å²) in [7, 11) is 0. The number of carboxylic acids is 1. The number of hydrogen-bond acceptors (Lipinski definition) is 2. The summed E-state index contributed by atoms with van der Waals surface area (Å²) in [6, 6.07) is -0.247. The maximum Gasteiger partial charge on any atom is 0.406 e. The van der Waals surface area contributed by atoms with E-state index >= 15 is 0 Å². The lowest BCUT2D eigenvalue weighted by molar-refractivity contribution is -0.227. The predicted molar refractivity (Wildman–Crippen MR) is 52.0 cm³/mol.